The van der Waals surface area contributed by atoms with E-state index >= 15 is 0 Å². The van der Waals surface area contributed by atoms with Crippen LogP contribution in [0.4, 0.5) is 0 Å². The first-order valence-corrected chi connectivity index (χ1v) is 6.73. The Bertz CT molecular complexity index is 306. The van der Waals surface area contributed by atoms with E-state index in [-0.39, 0.29) is 6.04 Å². The Hall–Kier alpha value is -1.31. The van der Waals surface area contributed by atoms with E-state index in [0.717, 1.165) is 0 Å². The van der Waals surface area contributed by atoms with Gasteiger partial charge in [0.2, 0.25) is 6.41 Å². The van der Waals surface area contributed by atoms with Crippen LogP contribution in [0.2, 0.25) is 0 Å². The van der Waals surface area contributed by atoms with Crippen LogP contribution in [0.1, 0.15) is 58.6 Å². The fourth-order valence-corrected chi connectivity index (χ4v) is 1.17. The summed E-state index contributed by atoms with van der Waals surface area (Å²) in [6.45, 7) is 14.4. The Kier molecular flexibility index (Phi) is 12.9. The lowest BCUT2D eigenvalue weighted by molar-refractivity contribution is -0.109. The highest BCUT2D eigenvalue weighted by atomic mass is 16.1. The molecular weight excluding hydrogens is 222 g/mol. The van der Waals surface area contributed by atoms with Crippen LogP contribution >= 0.6 is 0 Å². The van der Waals surface area contributed by atoms with Gasteiger partial charge >= 0.3 is 0 Å². The van der Waals surface area contributed by atoms with Crippen molar-refractivity contribution in [3.8, 4) is 0 Å². The van der Waals surface area contributed by atoms with E-state index < -0.39 is 0 Å². The molecule has 104 valence electrons. The highest BCUT2D eigenvalue weighted by Gasteiger charge is 1.96. The smallest absolute Gasteiger partial charge is 0.207 e. The van der Waals surface area contributed by atoms with E-state index in [1.165, 1.54) is 11.1 Å². The number of carbonyl (C=O) groups excluding carboxylic acids is 1. The Balaban J connectivity index is 0. The molecule has 0 atom stereocenters. The van der Waals surface area contributed by atoms with Crippen LogP contribution in [0.15, 0.2) is 24.3 Å². The van der Waals surface area contributed by atoms with Gasteiger partial charge in [0.25, 0.3) is 0 Å². The normalized spacial score (nSPS) is 8.94. The quantitative estimate of drug-likeness (QED) is 0.798. The van der Waals surface area contributed by atoms with Crippen molar-refractivity contribution >= 4 is 6.41 Å². The Morgan fingerprint density at radius 2 is 1.67 bits per heavy atom. The molecule has 0 aliphatic rings. The largest absolute Gasteiger partial charge is 0.357 e. The van der Waals surface area contributed by atoms with Crippen LogP contribution in [-0.4, -0.2) is 12.5 Å². The number of amides is 1. The second kappa shape index (κ2) is 12.2. The van der Waals surface area contributed by atoms with Gasteiger partial charge in [-0.05, 0) is 32.3 Å². The third-order valence-corrected chi connectivity index (χ3v) is 2.11. The van der Waals surface area contributed by atoms with E-state index in [1.807, 2.05) is 27.7 Å². The summed E-state index contributed by atoms with van der Waals surface area (Å²) in [6.07, 6.45) is 0.699. The molecule has 1 aromatic carbocycles. The van der Waals surface area contributed by atoms with Crippen LogP contribution < -0.4 is 5.32 Å². The van der Waals surface area contributed by atoms with Crippen molar-refractivity contribution in [3.63, 3.8) is 0 Å². The summed E-state index contributed by atoms with van der Waals surface area (Å²) >= 11 is 0. The second-order valence-electron chi connectivity index (χ2n) is 4.51. The average Bonchev–Trinajstić information content (AvgIpc) is 2.32. The number of nitrogens with one attached hydrogen (secondary N) is 1. The minimum Gasteiger partial charge on any atom is -0.357 e. The number of carbonyl (C=O) groups is 1. The number of hydrogen-bond donors (Lipinski definition) is 1. The molecule has 0 fully saturated rings. The van der Waals surface area contributed by atoms with Gasteiger partial charge in [0.05, 0.1) is 0 Å². The molecule has 0 aliphatic carbocycles. The Labute approximate surface area is 113 Å². The molecule has 0 aliphatic heterocycles. The summed E-state index contributed by atoms with van der Waals surface area (Å²) in [5.74, 6) is 0.653. The maximum absolute atomic E-state index is 9.50. The van der Waals surface area contributed by atoms with Crippen LogP contribution in [0.5, 0.6) is 0 Å². The first-order chi connectivity index (χ1) is 8.47. The lowest BCUT2D eigenvalue weighted by Gasteiger charge is -2.04. The van der Waals surface area contributed by atoms with Crippen molar-refractivity contribution in [2.75, 3.05) is 0 Å². The minimum atomic E-state index is 0.280. The maximum Gasteiger partial charge on any atom is 0.207 e. The molecule has 0 saturated carbocycles. The van der Waals surface area contributed by atoms with E-state index in [0.29, 0.717) is 12.3 Å². The molecule has 18 heavy (non-hydrogen) atoms. The minimum absolute atomic E-state index is 0.280. The summed E-state index contributed by atoms with van der Waals surface area (Å²) in [4.78, 5) is 9.50. The molecule has 1 amide bonds. The molecule has 0 saturated heterocycles. The summed E-state index contributed by atoms with van der Waals surface area (Å²) < 4.78 is 0. The fourth-order valence-electron chi connectivity index (χ4n) is 1.17. The molecule has 0 radical (unpaired) electrons. The molecule has 0 spiro atoms. The standard InChI is InChI=1S/C10H14.C4H9NO.C2H6/c1-8(2)10-6-4-5-9(3)7-10;1-4(2)5-3-6;1-2/h4-8H,1-3H3;3-4H,1-2H3,(H,5,6);1-2H3. The van der Waals surface area contributed by atoms with Gasteiger partial charge in [0.1, 0.15) is 0 Å². The van der Waals surface area contributed by atoms with Crippen LogP contribution in [0.25, 0.3) is 0 Å². The zero-order valence-electron chi connectivity index (χ0n) is 12.9. The predicted octanol–water partition coefficient (Wildman–Crippen LogP) is 4.29. The van der Waals surface area contributed by atoms with Gasteiger partial charge in [-0.15, -0.1) is 0 Å². The molecule has 0 bridgehead atoms. The van der Waals surface area contributed by atoms with Gasteiger partial charge in [-0.1, -0.05) is 57.5 Å². The Morgan fingerprint density at radius 3 is 1.89 bits per heavy atom. The number of rotatable bonds is 3. The van der Waals surface area contributed by atoms with Crippen LogP contribution in [0, 0.1) is 6.92 Å². The lowest BCUT2D eigenvalue weighted by atomic mass is 10.0. The molecule has 1 aromatic rings. The third-order valence-electron chi connectivity index (χ3n) is 2.11. The topological polar surface area (TPSA) is 29.1 Å². The van der Waals surface area contributed by atoms with E-state index in [2.05, 4.69) is 50.4 Å². The van der Waals surface area contributed by atoms with Crippen LogP contribution in [-0.2, 0) is 4.79 Å². The summed E-state index contributed by atoms with van der Waals surface area (Å²) in [7, 11) is 0. The average molecular weight is 251 g/mol. The molecule has 2 heteroatoms. The van der Waals surface area contributed by atoms with E-state index in [4.69, 9.17) is 0 Å². The lowest BCUT2D eigenvalue weighted by Crippen LogP contribution is -2.19. The highest BCUT2D eigenvalue weighted by Crippen LogP contribution is 2.14. The predicted molar refractivity (Wildman–Crippen MR) is 81.0 cm³/mol. The zero-order chi connectivity index (χ0) is 14.6. The third kappa shape index (κ3) is 11.2. The van der Waals surface area contributed by atoms with E-state index in [9.17, 15) is 4.79 Å². The fraction of sp³-hybridized carbons (Fsp3) is 0.562. The molecular formula is C16H29NO. The summed E-state index contributed by atoms with van der Waals surface area (Å²) in [5, 5.41) is 2.53. The molecule has 0 aromatic heterocycles. The monoisotopic (exact) mass is 251 g/mol. The van der Waals surface area contributed by atoms with Gasteiger partial charge < -0.3 is 5.32 Å². The van der Waals surface area contributed by atoms with Crippen molar-refractivity contribution in [1.82, 2.24) is 5.32 Å². The van der Waals surface area contributed by atoms with Gasteiger partial charge in [0.15, 0.2) is 0 Å². The molecule has 0 heterocycles. The van der Waals surface area contributed by atoms with Gasteiger partial charge in [-0.3, -0.25) is 4.79 Å². The SMILES string of the molecule is CC.CC(C)NC=O.Cc1cccc(C(C)C)c1. The molecule has 1 N–H and O–H groups in total. The molecule has 0 unspecified atom stereocenters. The first-order valence-electron chi connectivity index (χ1n) is 6.73. The van der Waals surface area contributed by atoms with Crippen molar-refractivity contribution in [3.05, 3.63) is 35.4 Å². The van der Waals surface area contributed by atoms with Gasteiger partial charge in [-0.2, -0.15) is 0 Å². The van der Waals surface area contributed by atoms with E-state index in [1.54, 1.807) is 0 Å². The zero-order valence-corrected chi connectivity index (χ0v) is 12.9. The summed E-state index contributed by atoms with van der Waals surface area (Å²) in [6, 6.07) is 8.95. The highest BCUT2D eigenvalue weighted by molar-refractivity contribution is 5.46. The van der Waals surface area contributed by atoms with Gasteiger partial charge in [0, 0.05) is 6.04 Å². The maximum atomic E-state index is 9.50. The number of hydrogen-bond acceptors (Lipinski definition) is 1. The van der Waals surface area contributed by atoms with Crippen LogP contribution in [0.3, 0.4) is 0 Å². The van der Waals surface area contributed by atoms with Gasteiger partial charge in [-0.25, -0.2) is 0 Å². The van der Waals surface area contributed by atoms with Crippen molar-refractivity contribution < 1.29 is 4.79 Å². The summed E-state index contributed by atoms with van der Waals surface area (Å²) in [5.41, 5.74) is 2.78. The molecule has 1 rings (SSSR count). The van der Waals surface area contributed by atoms with Crippen molar-refractivity contribution in [2.24, 2.45) is 0 Å². The Morgan fingerprint density at radius 1 is 1.11 bits per heavy atom. The number of aryl methyl sites for hydroxylation is 1. The molecule has 2 nitrogen and oxygen atoms in total. The van der Waals surface area contributed by atoms with Crippen molar-refractivity contribution in [1.29, 1.82) is 0 Å². The first kappa shape index (κ1) is 19.0. The second-order valence-corrected chi connectivity index (χ2v) is 4.51. The van der Waals surface area contributed by atoms with Crippen molar-refractivity contribution in [2.45, 2.75) is 60.4 Å². The number of benzene rings is 1.